The second-order valence-corrected chi connectivity index (χ2v) is 6.13. The van der Waals surface area contributed by atoms with E-state index < -0.39 is 0 Å². The van der Waals surface area contributed by atoms with E-state index in [2.05, 4.69) is 32.2 Å². The molecule has 0 spiro atoms. The fourth-order valence-electron chi connectivity index (χ4n) is 2.68. The molecule has 24 heavy (non-hydrogen) atoms. The zero-order chi connectivity index (χ0) is 16.4. The lowest BCUT2D eigenvalue weighted by molar-refractivity contribution is -0.111. The summed E-state index contributed by atoms with van der Waals surface area (Å²) in [5, 5.41) is 8.30. The van der Waals surface area contributed by atoms with Gasteiger partial charge in [-0.1, -0.05) is 12.1 Å². The van der Waals surface area contributed by atoms with Gasteiger partial charge in [-0.05, 0) is 54.7 Å². The summed E-state index contributed by atoms with van der Waals surface area (Å²) in [6.45, 7) is 1.01. The lowest BCUT2D eigenvalue weighted by Gasteiger charge is -2.02. The second kappa shape index (κ2) is 6.28. The number of rotatable bonds is 5. The number of nitrogens with zero attached hydrogens (tertiary/aromatic N) is 3. The molecule has 0 radical (unpaired) electrons. The van der Waals surface area contributed by atoms with Crippen LogP contribution < -0.4 is 5.32 Å². The Morgan fingerprint density at radius 3 is 3.00 bits per heavy atom. The van der Waals surface area contributed by atoms with Crippen LogP contribution in [0.4, 0.5) is 5.82 Å². The van der Waals surface area contributed by atoms with Crippen molar-refractivity contribution < 1.29 is 4.79 Å². The highest BCUT2D eigenvalue weighted by atomic mass is 16.1. The third kappa shape index (κ3) is 3.35. The molecule has 2 heterocycles. The van der Waals surface area contributed by atoms with E-state index in [1.807, 2.05) is 24.4 Å². The number of nitrogens with one attached hydrogen (secondary N) is 1. The van der Waals surface area contributed by atoms with Crippen molar-refractivity contribution in [1.29, 1.82) is 0 Å². The van der Waals surface area contributed by atoms with Gasteiger partial charge in [-0.15, -0.1) is 0 Å². The van der Waals surface area contributed by atoms with Crippen molar-refractivity contribution in [2.75, 3.05) is 5.32 Å². The highest BCUT2D eigenvalue weighted by Crippen LogP contribution is 2.31. The zero-order valence-electron chi connectivity index (χ0n) is 13.2. The van der Waals surface area contributed by atoms with E-state index in [1.165, 1.54) is 18.9 Å². The molecular formula is C19H18N4O. The van der Waals surface area contributed by atoms with Crippen LogP contribution in [0.3, 0.4) is 0 Å². The molecule has 0 saturated heterocycles. The van der Waals surface area contributed by atoms with Crippen molar-refractivity contribution in [3.63, 3.8) is 0 Å². The Morgan fingerprint density at radius 2 is 2.21 bits per heavy atom. The molecule has 1 N–H and O–H groups in total. The number of aromatic nitrogens is 3. The van der Waals surface area contributed by atoms with Crippen LogP contribution in [0.15, 0.2) is 54.9 Å². The van der Waals surface area contributed by atoms with Crippen LogP contribution in [0.2, 0.25) is 0 Å². The molecule has 1 saturated carbocycles. The van der Waals surface area contributed by atoms with Crippen molar-refractivity contribution in [2.45, 2.75) is 19.4 Å². The average Bonchev–Trinajstić information content (AvgIpc) is 3.33. The second-order valence-electron chi connectivity index (χ2n) is 6.13. The largest absolute Gasteiger partial charge is 0.307 e. The van der Waals surface area contributed by atoms with Crippen molar-refractivity contribution in [3.8, 4) is 0 Å². The standard InChI is InChI=1S/C19H18N4O/c24-19(22-18-3-1-2-10-20-18)9-7-14-6-8-17-16(11-14)12-21-23(17)13-15-4-5-15/h1-3,6-12,15H,4-5,13H2,(H,20,22,24)/b9-7+. The first-order chi connectivity index (χ1) is 11.8. The lowest BCUT2D eigenvalue weighted by atomic mass is 10.1. The maximum atomic E-state index is 11.9. The minimum Gasteiger partial charge on any atom is -0.307 e. The molecule has 1 aromatic carbocycles. The van der Waals surface area contributed by atoms with Gasteiger partial charge in [0.1, 0.15) is 5.82 Å². The number of hydrogen-bond acceptors (Lipinski definition) is 3. The molecule has 0 atom stereocenters. The molecule has 1 aliphatic rings. The zero-order valence-corrected chi connectivity index (χ0v) is 13.2. The van der Waals surface area contributed by atoms with Crippen LogP contribution >= 0.6 is 0 Å². The summed E-state index contributed by atoms with van der Waals surface area (Å²) in [7, 11) is 0. The minimum absolute atomic E-state index is 0.196. The molecule has 5 nitrogen and oxygen atoms in total. The van der Waals surface area contributed by atoms with Gasteiger partial charge < -0.3 is 5.32 Å². The summed E-state index contributed by atoms with van der Waals surface area (Å²) < 4.78 is 2.08. The molecule has 0 unspecified atom stereocenters. The Morgan fingerprint density at radius 1 is 1.29 bits per heavy atom. The number of hydrogen-bond donors (Lipinski definition) is 1. The van der Waals surface area contributed by atoms with Gasteiger partial charge in [-0.25, -0.2) is 4.98 Å². The van der Waals surface area contributed by atoms with E-state index in [-0.39, 0.29) is 5.91 Å². The molecule has 0 aliphatic heterocycles. The summed E-state index contributed by atoms with van der Waals surface area (Å²) in [5.74, 6) is 1.14. The first-order valence-electron chi connectivity index (χ1n) is 8.13. The Bertz CT molecular complexity index is 894. The molecular weight excluding hydrogens is 300 g/mol. The predicted octanol–water partition coefficient (Wildman–Crippen LogP) is 3.49. The van der Waals surface area contributed by atoms with Gasteiger partial charge in [0, 0.05) is 24.2 Å². The Balaban J connectivity index is 1.46. The van der Waals surface area contributed by atoms with Gasteiger partial charge >= 0.3 is 0 Å². The number of amides is 1. The van der Waals surface area contributed by atoms with Gasteiger partial charge in [0.05, 0.1) is 11.7 Å². The van der Waals surface area contributed by atoms with Crippen LogP contribution in [0.1, 0.15) is 18.4 Å². The van der Waals surface area contributed by atoms with E-state index in [0.29, 0.717) is 5.82 Å². The Kier molecular flexibility index (Phi) is 3.83. The third-order valence-electron chi connectivity index (χ3n) is 4.14. The maximum Gasteiger partial charge on any atom is 0.249 e. The van der Waals surface area contributed by atoms with Crippen LogP contribution in [-0.4, -0.2) is 20.7 Å². The summed E-state index contributed by atoms with van der Waals surface area (Å²) in [5.41, 5.74) is 2.13. The molecule has 4 rings (SSSR count). The summed E-state index contributed by atoms with van der Waals surface area (Å²) in [6, 6.07) is 11.5. The van der Waals surface area contributed by atoms with Gasteiger partial charge in [-0.3, -0.25) is 9.48 Å². The molecule has 1 fully saturated rings. The first kappa shape index (κ1) is 14.6. The molecule has 2 aromatic heterocycles. The monoisotopic (exact) mass is 318 g/mol. The molecule has 5 heteroatoms. The summed E-state index contributed by atoms with van der Waals surface area (Å²) >= 11 is 0. The van der Waals surface area contributed by atoms with E-state index >= 15 is 0 Å². The van der Waals surface area contributed by atoms with Crippen LogP contribution in [0.5, 0.6) is 0 Å². The number of pyridine rings is 1. The van der Waals surface area contributed by atoms with Crippen molar-refractivity contribution >= 4 is 28.7 Å². The molecule has 1 aliphatic carbocycles. The summed E-state index contributed by atoms with van der Waals surface area (Å²) in [6.07, 6.45) is 9.48. The Hall–Kier alpha value is -2.95. The predicted molar refractivity (Wildman–Crippen MR) is 94.4 cm³/mol. The molecule has 120 valence electrons. The fourth-order valence-corrected chi connectivity index (χ4v) is 2.68. The number of carbonyl (C=O) groups excluding carboxylic acids is 1. The normalized spacial score (nSPS) is 14.3. The number of fused-ring (bicyclic) bond motifs is 1. The lowest BCUT2D eigenvalue weighted by Crippen LogP contribution is -2.08. The first-order valence-corrected chi connectivity index (χ1v) is 8.13. The number of benzene rings is 1. The van der Waals surface area contributed by atoms with E-state index in [9.17, 15) is 4.79 Å². The van der Waals surface area contributed by atoms with Gasteiger partial charge in [-0.2, -0.15) is 5.10 Å². The molecule has 0 bridgehead atoms. The average molecular weight is 318 g/mol. The fraction of sp³-hybridized carbons (Fsp3) is 0.211. The van der Waals surface area contributed by atoms with Crippen LogP contribution in [0, 0.1) is 5.92 Å². The van der Waals surface area contributed by atoms with Crippen molar-refractivity contribution in [1.82, 2.24) is 14.8 Å². The highest BCUT2D eigenvalue weighted by Gasteiger charge is 2.22. The maximum absolute atomic E-state index is 11.9. The third-order valence-corrected chi connectivity index (χ3v) is 4.14. The van der Waals surface area contributed by atoms with Crippen molar-refractivity contribution in [3.05, 3.63) is 60.4 Å². The minimum atomic E-state index is -0.196. The van der Waals surface area contributed by atoms with E-state index in [0.717, 1.165) is 28.9 Å². The smallest absolute Gasteiger partial charge is 0.249 e. The quantitative estimate of drug-likeness (QED) is 0.733. The summed E-state index contributed by atoms with van der Waals surface area (Å²) in [4.78, 5) is 16.0. The SMILES string of the molecule is O=C(/C=C/c1ccc2c(cnn2CC2CC2)c1)Nc1ccccn1. The van der Waals surface area contributed by atoms with Crippen molar-refractivity contribution in [2.24, 2.45) is 5.92 Å². The molecule has 1 amide bonds. The topological polar surface area (TPSA) is 59.8 Å². The molecule has 3 aromatic rings. The van der Waals surface area contributed by atoms with Gasteiger partial charge in [0.2, 0.25) is 5.91 Å². The van der Waals surface area contributed by atoms with Crippen LogP contribution in [0.25, 0.3) is 17.0 Å². The van der Waals surface area contributed by atoms with E-state index in [1.54, 1.807) is 18.3 Å². The van der Waals surface area contributed by atoms with Gasteiger partial charge in [0.25, 0.3) is 0 Å². The van der Waals surface area contributed by atoms with Crippen LogP contribution in [-0.2, 0) is 11.3 Å². The van der Waals surface area contributed by atoms with Gasteiger partial charge in [0.15, 0.2) is 0 Å². The number of anilines is 1. The highest BCUT2D eigenvalue weighted by molar-refractivity contribution is 6.01. The van der Waals surface area contributed by atoms with E-state index in [4.69, 9.17) is 0 Å². The number of carbonyl (C=O) groups is 1. The Labute approximate surface area is 140 Å².